The zero-order valence-corrected chi connectivity index (χ0v) is 10.9. The molecule has 0 bridgehead atoms. The van der Waals surface area contributed by atoms with E-state index in [1.54, 1.807) is 0 Å². The van der Waals surface area contributed by atoms with Crippen LogP contribution in [0.1, 0.15) is 25.7 Å². The zero-order chi connectivity index (χ0) is 11.4. The van der Waals surface area contributed by atoms with Crippen molar-refractivity contribution in [3.8, 4) is 0 Å². The van der Waals surface area contributed by atoms with Crippen molar-refractivity contribution in [2.45, 2.75) is 36.6 Å². The summed E-state index contributed by atoms with van der Waals surface area (Å²) in [6.07, 6.45) is 5.38. The van der Waals surface area contributed by atoms with E-state index in [0.717, 1.165) is 16.7 Å². The van der Waals surface area contributed by atoms with Crippen LogP contribution in [0.5, 0.6) is 0 Å². The van der Waals surface area contributed by atoms with Gasteiger partial charge in [-0.05, 0) is 36.6 Å². The summed E-state index contributed by atoms with van der Waals surface area (Å²) in [7, 11) is 0. The summed E-state index contributed by atoms with van der Waals surface area (Å²) in [5, 5.41) is 0.795. The van der Waals surface area contributed by atoms with Gasteiger partial charge in [0, 0.05) is 21.7 Å². The summed E-state index contributed by atoms with van der Waals surface area (Å²) >= 11 is 7.67. The smallest absolute Gasteiger partial charge is 0.0406 e. The number of hydrogen-bond acceptors (Lipinski definition) is 2. The van der Waals surface area contributed by atoms with E-state index in [9.17, 15) is 0 Å². The fourth-order valence-electron chi connectivity index (χ4n) is 1.96. The minimum atomic E-state index is 0.339. The Balaban J connectivity index is 1.71. The van der Waals surface area contributed by atoms with Crippen molar-refractivity contribution < 1.29 is 0 Å². The van der Waals surface area contributed by atoms with Crippen LogP contribution in [0, 0.1) is 5.92 Å². The SMILES string of the molecule is NC(CSc1ccc(Cl)cc1)CC1CCC1. The molecule has 88 valence electrons. The molecule has 0 aliphatic heterocycles. The molecular formula is C13H18ClNS. The average molecular weight is 256 g/mol. The first kappa shape index (κ1) is 12.3. The summed E-state index contributed by atoms with van der Waals surface area (Å²) in [5.74, 6) is 1.92. The molecular weight excluding hydrogens is 238 g/mol. The normalized spacial score (nSPS) is 18.1. The predicted octanol–water partition coefficient (Wildman–Crippen LogP) is 3.95. The molecule has 1 aliphatic rings. The standard InChI is InChI=1S/C13H18ClNS/c14-11-4-6-13(7-5-11)16-9-12(15)8-10-2-1-3-10/h4-7,10,12H,1-3,8-9,15H2. The maximum absolute atomic E-state index is 6.11. The lowest BCUT2D eigenvalue weighted by Crippen LogP contribution is -2.28. The van der Waals surface area contributed by atoms with E-state index in [2.05, 4.69) is 12.1 Å². The third-order valence-electron chi connectivity index (χ3n) is 3.14. The number of hydrogen-bond donors (Lipinski definition) is 1. The summed E-state index contributed by atoms with van der Waals surface area (Å²) in [6, 6.07) is 8.32. The van der Waals surface area contributed by atoms with E-state index in [1.807, 2.05) is 23.9 Å². The highest BCUT2D eigenvalue weighted by Crippen LogP contribution is 2.31. The van der Waals surface area contributed by atoms with Gasteiger partial charge in [-0.3, -0.25) is 0 Å². The Labute approximate surface area is 107 Å². The van der Waals surface area contributed by atoms with Gasteiger partial charge in [-0.2, -0.15) is 0 Å². The van der Waals surface area contributed by atoms with Gasteiger partial charge in [-0.1, -0.05) is 30.9 Å². The number of benzene rings is 1. The number of nitrogens with two attached hydrogens (primary N) is 1. The van der Waals surface area contributed by atoms with E-state index >= 15 is 0 Å². The van der Waals surface area contributed by atoms with Crippen molar-refractivity contribution in [3.63, 3.8) is 0 Å². The van der Waals surface area contributed by atoms with Gasteiger partial charge < -0.3 is 5.73 Å². The highest BCUT2D eigenvalue weighted by molar-refractivity contribution is 7.99. The van der Waals surface area contributed by atoms with E-state index in [0.29, 0.717) is 6.04 Å². The molecule has 0 radical (unpaired) electrons. The van der Waals surface area contributed by atoms with Gasteiger partial charge in [0.05, 0.1) is 0 Å². The third kappa shape index (κ3) is 3.69. The van der Waals surface area contributed by atoms with Gasteiger partial charge >= 0.3 is 0 Å². The molecule has 2 N–H and O–H groups in total. The largest absolute Gasteiger partial charge is 0.327 e. The molecule has 1 aromatic carbocycles. The van der Waals surface area contributed by atoms with Crippen LogP contribution >= 0.6 is 23.4 Å². The van der Waals surface area contributed by atoms with Crippen molar-refractivity contribution in [1.29, 1.82) is 0 Å². The topological polar surface area (TPSA) is 26.0 Å². The molecule has 2 rings (SSSR count). The Morgan fingerprint density at radius 2 is 2.00 bits per heavy atom. The second kappa shape index (κ2) is 5.95. The number of halogens is 1. The minimum absolute atomic E-state index is 0.339. The molecule has 1 saturated carbocycles. The molecule has 1 aliphatic carbocycles. The summed E-state index contributed by atoms with van der Waals surface area (Å²) in [4.78, 5) is 1.26. The highest BCUT2D eigenvalue weighted by Gasteiger charge is 2.20. The minimum Gasteiger partial charge on any atom is -0.327 e. The Morgan fingerprint density at radius 3 is 2.56 bits per heavy atom. The maximum Gasteiger partial charge on any atom is 0.0406 e. The highest BCUT2D eigenvalue weighted by atomic mass is 35.5. The van der Waals surface area contributed by atoms with Crippen LogP contribution in [-0.4, -0.2) is 11.8 Å². The lowest BCUT2D eigenvalue weighted by atomic mass is 9.81. The predicted molar refractivity (Wildman–Crippen MR) is 72.1 cm³/mol. The quantitative estimate of drug-likeness (QED) is 0.807. The molecule has 0 amide bonds. The van der Waals surface area contributed by atoms with Crippen LogP contribution < -0.4 is 5.73 Å². The van der Waals surface area contributed by atoms with Crippen LogP contribution in [0.4, 0.5) is 0 Å². The van der Waals surface area contributed by atoms with Crippen LogP contribution in [0.2, 0.25) is 5.02 Å². The molecule has 0 saturated heterocycles. The van der Waals surface area contributed by atoms with Crippen LogP contribution in [0.15, 0.2) is 29.2 Å². The second-order valence-corrected chi connectivity index (χ2v) is 6.09. The second-order valence-electron chi connectivity index (χ2n) is 4.56. The Hall–Kier alpha value is -0.180. The zero-order valence-electron chi connectivity index (χ0n) is 9.36. The van der Waals surface area contributed by atoms with E-state index in [4.69, 9.17) is 17.3 Å². The molecule has 0 spiro atoms. The van der Waals surface area contributed by atoms with E-state index in [-0.39, 0.29) is 0 Å². The Bertz CT molecular complexity index is 321. The molecule has 1 unspecified atom stereocenters. The van der Waals surface area contributed by atoms with E-state index < -0.39 is 0 Å². The van der Waals surface area contributed by atoms with Gasteiger partial charge in [0.2, 0.25) is 0 Å². The molecule has 0 heterocycles. The van der Waals surface area contributed by atoms with Gasteiger partial charge in [-0.25, -0.2) is 0 Å². The monoisotopic (exact) mass is 255 g/mol. The summed E-state index contributed by atoms with van der Waals surface area (Å²) in [6.45, 7) is 0. The Kier molecular flexibility index (Phi) is 4.56. The number of rotatable bonds is 5. The van der Waals surface area contributed by atoms with Crippen molar-refractivity contribution in [2.24, 2.45) is 11.7 Å². The fourth-order valence-corrected chi connectivity index (χ4v) is 2.96. The van der Waals surface area contributed by atoms with Crippen molar-refractivity contribution >= 4 is 23.4 Å². The van der Waals surface area contributed by atoms with Gasteiger partial charge in [0.15, 0.2) is 0 Å². The molecule has 16 heavy (non-hydrogen) atoms. The first-order valence-corrected chi connectivity index (χ1v) is 7.24. The molecule has 1 aromatic rings. The van der Waals surface area contributed by atoms with Crippen molar-refractivity contribution in [1.82, 2.24) is 0 Å². The first-order valence-electron chi connectivity index (χ1n) is 5.88. The molecule has 1 nitrogen and oxygen atoms in total. The van der Waals surface area contributed by atoms with Crippen LogP contribution in [0.3, 0.4) is 0 Å². The van der Waals surface area contributed by atoms with Crippen molar-refractivity contribution in [3.05, 3.63) is 29.3 Å². The lowest BCUT2D eigenvalue weighted by Gasteiger charge is -2.27. The lowest BCUT2D eigenvalue weighted by molar-refractivity contribution is 0.282. The van der Waals surface area contributed by atoms with Crippen LogP contribution in [-0.2, 0) is 0 Å². The summed E-state index contributed by atoms with van der Waals surface area (Å²) < 4.78 is 0. The Morgan fingerprint density at radius 1 is 1.31 bits per heavy atom. The molecule has 1 fully saturated rings. The van der Waals surface area contributed by atoms with Crippen LogP contribution in [0.25, 0.3) is 0 Å². The maximum atomic E-state index is 6.11. The van der Waals surface area contributed by atoms with E-state index in [1.165, 1.54) is 30.6 Å². The van der Waals surface area contributed by atoms with Crippen molar-refractivity contribution in [2.75, 3.05) is 5.75 Å². The molecule has 3 heteroatoms. The first-order chi connectivity index (χ1) is 7.74. The summed E-state index contributed by atoms with van der Waals surface area (Å²) in [5.41, 5.74) is 6.11. The van der Waals surface area contributed by atoms with Gasteiger partial charge in [0.1, 0.15) is 0 Å². The molecule has 1 atom stereocenters. The fraction of sp³-hybridized carbons (Fsp3) is 0.538. The molecule has 0 aromatic heterocycles. The number of thioether (sulfide) groups is 1. The van der Waals surface area contributed by atoms with Gasteiger partial charge in [-0.15, -0.1) is 11.8 Å². The average Bonchev–Trinajstić information content (AvgIpc) is 2.23. The van der Waals surface area contributed by atoms with Gasteiger partial charge in [0.25, 0.3) is 0 Å². The third-order valence-corrected chi connectivity index (χ3v) is 4.59.